The van der Waals surface area contributed by atoms with Gasteiger partial charge >= 0.3 is 0 Å². The molecule has 0 spiro atoms. The quantitative estimate of drug-likeness (QED) is 0.711. The number of carbonyl (C=O) groups excluding carboxylic acids is 1. The van der Waals surface area contributed by atoms with Crippen LogP contribution in [0.25, 0.3) is 0 Å². The predicted molar refractivity (Wildman–Crippen MR) is 123 cm³/mol. The number of anilines is 2. The van der Waals surface area contributed by atoms with Crippen molar-refractivity contribution in [2.45, 2.75) is 39.0 Å². The molecule has 29 heavy (non-hydrogen) atoms. The van der Waals surface area contributed by atoms with Gasteiger partial charge in [-0.05, 0) is 60.3 Å². The number of amides is 1. The van der Waals surface area contributed by atoms with Gasteiger partial charge in [0.05, 0.1) is 11.4 Å². The minimum Gasteiger partial charge on any atom is -0.484 e. The Labute approximate surface area is 178 Å². The summed E-state index contributed by atoms with van der Waals surface area (Å²) in [4.78, 5) is 14.5. The van der Waals surface area contributed by atoms with Gasteiger partial charge in [0, 0.05) is 13.1 Å². The van der Waals surface area contributed by atoms with E-state index < -0.39 is 0 Å². The molecule has 0 aliphatic carbocycles. The molecule has 0 saturated carbocycles. The molecular weight excluding hydrogens is 382 g/mol. The minimum absolute atomic E-state index is 0.0825. The first-order chi connectivity index (χ1) is 13.8. The van der Waals surface area contributed by atoms with E-state index in [4.69, 9.17) is 17.0 Å². The standard InChI is InChI=1S/C23H29N3O2S/c1-23(2,3)17-10-12-18(13-11-17)28-16-21(27)25-22(29)24-19-8-4-5-9-20(19)26-14-6-7-15-26/h4-5,8-13H,6-7,14-16H2,1-3H3,(H2,24,25,27,29). The number of para-hydroxylation sites is 2. The van der Waals surface area contributed by atoms with E-state index in [1.807, 2.05) is 42.5 Å². The molecule has 2 N–H and O–H groups in total. The van der Waals surface area contributed by atoms with Crippen LogP contribution < -0.4 is 20.3 Å². The van der Waals surface area contributed by atoms with Crippen LogP contribution in [-0.4, -0.2) is 30.7 Å². The number of hydrogen-bond acceptors (Lipinski definition) is 4. The van der Waals surface area contributed by atoms with Gasteiger partial charge in [-0.15, -0.1) is 0 Å². The number of nitrogens with one attached hydrogen (secondary N) is 2. The molecule has 154 valence electrons. The lowest BCUT2D eigenvalue weighted by molar-refractivity contribution is -0.121. The van der Waals surface area contributed by atoms with Gasteiger partial charge < -0.3 is 15.0 Å². The lowest BCUT2D eigenvalue weighted by Crippen LogP contribution is -2.37. The van der Waals surface area contributed by atoms with Crippen molar-refractivity contribution in [2.75, 3.05) is 29.9 Å². The monoisotopic (exact) mass is 411 g/mol. The predicted octanol–water partition coefficient (Wildman–Crippen LogP) is 4.48. The van der Waals surface area contributed by atoms with Gasteiger partial charge in [0.15, 0.2) is 11.7 Å². The summed E-state index contributed by atoms with van der Waals surface area (Å²) < 4.78 is 5.58. The second kappa shape index (κ2) is 9.27. The largest absolute Gasteiger partial charge is 0.484 e. The zero-order chi connectivity index (χ0) is 20.9. The fraction of sp³-hybridized carbons (Fsp3) is 0.391. The number of benzene rings is 2. The van der Waals surface area contributed by atoms with Crippen LogP contribution in [-0.2, 0) is 10.2 Å². The second-order valence-electron chi connectivity index (χ2n) is 8.28. The Balaban J connectivity index is 1.50. The van der Waals surface area contributed by atoms with Gasteiger partial charge in [0.2, 0.25) is 0 Å². The minimum atomic E-state index is -0.291. The highest BCUT2D eigenvalue weighted by atomic mass is 32.1. The second-order valence-corrected chi connectivity index (χ2v) is 8.68. The fourth-order valence-corrected chi connectivity index (χ4v) is 3.55. The summed E-state index contributed by atoms with van der Waals surface area (Å²) in [7, 11) is 0. The summed E-state index contributed by atoms with van der Waals surface area (Å²) in [6, 6.07) is 15.8. The zero-order valence-corrected chi connectivity index (χ0v) is 18.1. The van der Waals surface area contributed by atoms with E-state index in [1.165, 1.54) is 18.4 Å². The third-order valence-corrected chi connectivity index (χ3v) is 5.15. The Hall–Kier alpha value is -2.60. The average molecular weight is 412 g/mol. The molecule has 3 rings (SSSR count). The first-order valence-corrected chi connectivity index (χ1v) is 10.4. The van der Waals surface area contributed by atoms with E-state index in [0.29, 0.717) is 5.75 Å². The molecule has 2 aromatic carbocycles. The van der Waals surface area contributed by atoms with E-state index >= 15 is 0 Å². The summed E-state index contributed by atoms with van der Waals surface area (Å²) in [5.41, 5.74) is 3.31. The molecule has 1 amide bonds. The number of ether oxygens (including phenoxy) is 1. The third kappa shape index (κ3) is 5.94. The van der Waals surface area contributed by atoms with Gasteiger partial charge in [-0.25, -0.2) is 0 Å². The van der Waals surface area contributed by atoms with Crippen molar-refractivity contribution < 1.29 is 9.53 Å². The Morgan fingerprint density at radius 1 is 1.07 bits per heavy atom. The maximum Gasteiger partial charge on any atom is 0.264 e. The molecule has 1 saturated heterocycles. The number of nitrogens with zero attached hydrogens (tertiary/aromatic N) is 1. The van der Waals surface area contributed by atoms with E-state index in [9.17, 15) is 4.79 Å². The van der Waals surface area contributed by atoms with E-state index in [2.05, 4.69) is 42.4 Å². The van der Waals surface area contributed by atoms with Crippen LogP contribution in [0.15, 0.2) is 48.5 Å². The summed E-state index contributed by atoms with van der Waals surface area (Å²) >= 11 is 5.32. The molecule has 1 aliphatic heterocycles. The first-order valence-electron chi connectivity index (χ1n) is 10.0. The van der Waals surface area contributed by atoms with Gasteiger partial charge in [-0.2, -0.15) is 0 Å². The van der Waals surface area contributed by atoms with Crippen molar-refractivity contribution >= 4 is 34.6 Å². The lowest BCUT2D eigenvalue weighted by atomic mass is 9.87. The summed E-state index contributed by atoms with van der Waals surface area (Å²) in [5.74, 6) is 0.368. The van der Waals surface area contributed by atoms with E-state index in [-0.39, 0.29) is 23.0 Å². The topological polar surface area (TPSA) is 53.6 Å². The Bertz CT molecular complexity index is 853. The average Bonchev–Trinajstić information content (AvgIpc) is 3.21. The zero-order valence-electron chi connectivity index (χ0n) is 17.3. The van der Waals surface area contributed by atoms with Crippen LogP contribution in [0.4, 0.5) is 11.4 Å². The molecule has 0 bridgehead atoms. The molecule has 1 fully saturated rings. The number of carbonyl (C=O) groups is 1. The van der Waals surface area contributed by atoms with Crippen LogP contribution in [0.5, 0.6) is 5.75 Å². The van der Waals surface area contributed by atoms with Crippen molar-refractivity contribution in [3.05, 3.63) is 54.1 Å². The molecule has 0 aromatic heterocycles. The van der Waals surface area contributed by atoms with Crippen molar-refractivity contribution in [3.63, 3.8) is 0 Å². The third-order valence-electron chi connectivity index (χ3n) is 4.94. The van der Waals surface area contributed by atoms with Crippen LogP contribution in [0, 0.1) is 0 Å². The van der Waals surface area contributed by atoms with E-state index in [1.54, 1.807) is 0 Å². The molecule has 0 radical (unpaired) electrons. The Morgan fingerprint density at radius 2 is 1.72 bits per heavy atom. The molecular formula is C23H29N3O2S. The van der Waals surface area contributed by atoms with Gasteiger partial charge in [-0.3, -0.25) is 10.1 Å². The summed E-state index contributed by atoms with van der Waals surface area (Å²) in [6.07, 6.45) is 2.40. The smallest absolute Gasteiger partial charge is 0.264 e. The molecule has 1 heterocycles. The molecule has 0 atom stereocenters. The fourth-order valence-electron chi connectivity index (χ4n) is 3.33. The van der Waals surface area contributed by atoms with Crippen molar-refractivity contribution in [2.24, 2.45) is 0 Å². The van der Waals surface area contributed by atoms with Gasteiger partial charge in [0.25, 0.3) is 5.91 Å². The lowest BCUT2D eigenvalue weighted by Gasteiger charge is -2.22. The normalized spacial score (nSPS) is 13.8. The first kappa shape index (κ1) is 21.1. The van der Waals surface area contributed by atoms with Crippen LogP contribution >= 0.6 is 12.2 Å². The number of rotatable bonds is 5. The highest BCUT2D eigenvalue weighted by Gasteiger charge is 2.16. The molecule has 2 aromatic rings. The highest BCUT2D eigenvalue weighted by molar-refractivity contribution is 7.80. The number of thiocarbonyl (C=S) groups is 1. The van der Waals surface area contributed by atoms with Crippen LogP contribution in [0.2, 0.25) is 0 Å². The number of hydrogen-bond donors (Lipinski definition) is 2. The van der Waals surface area contributed by atoms with Crippen LogP contribution in [0.3, 0.4) is 0 Å². The SMILES string of the molecule is CC(C)(C)c1ccc(OCC(=O)NC(=S)Nc2ccccc2N2CCCC2)cc1. The summed E-state index contributed by atoms with van der Waals surface area (Å²) in [6.45, 7) is 8.47. The van der Waals surface area contributed by atoms with Crippen molar-refractivity contribution in [1.29, 1.82) is 0 Å². The molecule has 0 unspecified atom stereocenters. The highest BCUT2D eigenvalue weighted by Crippen LogP contribution is 2.28. The van der Waals surface area contributed by atoms with Gasteiger partial charge in [-0.1, -0.05) is 45.0 Å². The maximum absolute atomic E-state index is 12.2. The molecule has 5 nitrogen and oxygen atoms in total. The van der Waals surface area contributed by atoms with Crippen LogP contribution in [0.1, 0.15) is 39.2 Å². The van der Waals surface area contributed by atoms with Crippen molar-refractivity contribution in [3.8, 4) is 5.75 Å². The van der Waals surface area contributed by atoms with E-state index in [0.717, 1.165) is 24.5 Å². The van der Waals surface area contributed by atoms with Crippen molar-refractivity contribution in [1.82, 2.24) is 5.32 Å². The molecule has 1 aliphatic rings. The maximum atomic E-state index is 12.2. The Morgan fingerprint density at radius 3 is 2.38 bits per heavy atom. The Kier molecular flexibility index (Phi) is 6.75. The molecule has 6 heteroatoms. The summed E-state index contributed by atoms with van der Waals surface area (Å²) in [5, 5.41) is 6.10. The van der Waals surface area contributed by atoms with Gasteiger partial charge in [0.1, 0.15) is 5.75 Å².